The molecule has 0 aromatic heterocycles. The zero-order valence-electron chi connectivity index (χ0n) is 17.8. The molecular weight excluding hydrogens is 517 g/mol. The first-order valence-corrected chi connectivity index (χ1v) is 9.83. The van der Waals surface area contributed by atoms with Crippen molar-refractivity contribution in [3.63, 3.8) is 0 Å². The molecule has 0 saturated carbocycles. The molecule has 0 aliphatic rings. The molecule has 1 amide bonds. The van der Waals surface area contributed by atoms with E-state index in [4.69, 9.17) is 0 Å². The van der Waals surface area contributed by atoms with E-state index in [1.807, 2.05) is 45.0 Å². The third-order valence-electron chi connectivity index (χ3n) is 4.14. The molecule has 0 unspecified atom stereocenters. The van der Waals surface area contributed by atoms with Crippen LogP contribution in [-0.2, 0) is 17.9 Å². The van der Waals surface area contributed by atoms with Gasteiger partial charge in [-0.3, -0.25) is 4.79 Å². The van der Waals surface area contributed by atoms with Crippen molar-refractivity contribution >= 4 is 41.5 Å². The molecule has 0 saturated heterocycles. The van der Waals surface area contributed by atoms with E-state index in [1.165, 1.54) is 6.07 Å². The van der Waals surface area contributed by atoms with Crippen LogP contribution >= 0.6 is 24.0 Å². The second-order valence-electron chi connectivity index (χ2n) is 6.88. The van der Waals surface area contributed by atoms with Gasteiger partial charge in [-0.05, 0) is 30.7 Å². The summed E-state index contributed by atoms with van der Waals surface area (Å²) in [4.78, 5) is 16.3. The number of halogens is 3. The maximum atomic E-state index is 12.6. The Kier molecular flexibility index (Phi) is 11.8. The highest BCUT2D eigenvalue weighted by Gasteiger charge is 2.10. The summed E-state index contributed by atoms with van der Waals surface area (Å²) in [7, 11) is 0. The molecule has 9 heteroatoms. The van der Waals surface area contributed by atoms with E-state index in [2.05, 4.69) is 25.7 Å². The number of rotatable bonds is 9. The van der Waals surface area contributed by atoms with Crippen molar-refractivity contribution in [1.82, 2.24) is 10.6 Å². The van der Waals surface area contributed by atoms with Crippen LogP contribution in [0.25, 0.3) is 0 Å². The van der Waals surface area contributed by atoms with Gasteiger partial charge in [-0.25, -0.2) is 4.99 Å². The lowest BCUT2D eigenvalue weighted by Gasteiger charge is -2.14. The zero-order valence-corrected chi connectivity index (χ0v) is 20.2. The first kappa shape index (κ1) is 26.6. The maximum absolute atomic E-state index is 12.6. The van der Waals surface area contributed by atoms with Crippen molar-refractivity contribution in [1.29, 1.82) is 0 Å². The Balaban J connectivity index is 0.00000480. The van der Waals surface area contributed by atoms with Crippen LogP contribution in [0.15, 0.2) is 53.5 Å². The smallest absolute Gasteiger partial charge is 0.387 e. The summed E-state index contributed by atoms with van der Waals surface area (Å²) in [5.74, 6) is 0.575. The van der Waals surface area contributed by atoms with E-state index in [1.54, 1.807) is 18.2 Å². The summed E-state index contributed by atoms with van der Waals surface area (Å²) in [5, 5.41) is 9.10. The van der Waals surface area contributed by atoms with Crippen molar-refractivity contribution in [2.75, 3.05) is 11.9 Å². The van der Waals surface area contributed by atoms with Gasteiger partial charge in [0, 0.05) is 30.3 Å². The van der Waals surface area contributed by atoms with E-state index >= 15 is 0 Å². The molecule has 0 aliphatic carbocycles. The molecule has 6 nitrogen and oxygen atoms in total. The number of guanidine groups is 1. The van der Waals surface area contributed by atoms with E-state index in [0.29, 0.717) is 24.6 Å². The molecule has 0 bridgehead atoms. The van der Waals surface area contributed by atoms with Gasteiger partial charge in [-0.2, -0.15) is 8.78 Å². The highest BCUT2D eigenvalue weighted by molar-refractivity contribution is 14.0. The molecule has 0 radical (unpaired) electrons. The maximum Gasteiger partial charge on any atom is 0.387 e. The molecule has 170 valence electrons. The van der Waals surface area contributed by atoms with Crippen LogP contribution in [0.2, 0.25) is 0 Å². The monoisotopic (exact) mass is 546 g/mol. The van der Waals surface area contributed by atoms with Gasteiger partial charge < -0.3 is 20.7 Å². The fourth-order valence-corrected chi connectivity index (χ4v) is 2.53. The lowest BCUT2D eigenvalue weighted by Crippen LogP contribution is -2.36. The molecule has 0 aliphatic heterocycles. The Morgan fingerprint density at radius 1 is 1.06 bits per heavy atom. The summed E-state index contributed by atoms with van der Waals surface area (Å²) in [6.45, 7) is 4.11. The van der Waals surface area contributed by atoms with E-state index in [0.717, 1.165) is 11.3 Å². The number of nitrogens with one attached hydrogen (secondary N) is 3. The second kappa shape index (κ2) is 13.8. The summed E-state index contributed by atoms with van der Waals surface area (Å²) < 4.78 is 29.7. The van der Waals surface area contributed by atoms with Crippen molar-refractivity contribution in [3.05, 3.63) is 59.7 Å². The summed E-state index contributed by atoms with van der Waals surface area (Å²) in [5.41, 5.74) is 2.31. The fraction of sp³-hybridized carbons (Fsp3) is 0.364. The van der Waals surface area contributed by atoms with Gasteiger partial charge in [0.05, 0.1) is 6.54 Å². The van der Waals surface area contributed by atoms with Crippen LogP contribution in [0.5, 0.6) is 5.75 Å². The summed E-state index contributed by atoms with van der Waals surface area (Å²) >= 11 is 0. The number of para-hydroxylation sites is 1. The first-order chi connectivity index (χ1) is 14.4. The van der Waals surface area contributed by atoms with Crippen molar-refractivity contribution in [3.8, 4) is 5.75 Å². The molecule has 2 aromatic rings. The van der Waals surface area contributed by atoms with Gasteiger partial charge in [-0.15, -0.1) is 24.0 Å². The van der Waals surface area contributed by atoms with Gasteiger partial charge in [0.25, 0.3) is 0 Å². The van der Waals surface area contributed by atoms with Gasteiger partial charge in [0.15, 0.2) is 5.96 Å². The van der Waals surface area contributed by atoms with E-state index in [9.17, 15) is 13.6 Å². The third-order valence-corrected chi connectivity index (χ3v) is 4.14. The Bertz CT molecular complexity index is 846. The van der Waals surface area contributed by atoms with Crippen LogP contribution in [0.1, 0.15) is 31.9 Å². The average molecular weight is 546 g/mol. The Labute approximate surface area is 198 Å². The molecular formula is C22H29F2IN4O2. The first-order valence-electron chi connectivity index (χ1n) is 9.83. The van der Waals surface area contributed by atoms with Crippen LogP contribution in [-0.4, -0.2) is 25.0 Å². The van der Waals surface area contributed by atoms with Gasteiger partial charge in [0.1, 0.15) is 5.75 Å². The Morgan fingerprint density at radius 2 is 1.74 bits per heavy atom. The number of carbonyl (C=O) groups is 1. The number of anilines is 1. The van der Waals surface area contributed by atoms with Crippen LogP contribution in [0.4, 0.5) is 14.5 Å². The topological polar surface area (TPSA) is 74.8 Å². The largest absolute Gasteiger partial charge is 0.434 e. The Hall–Kier alpha value is -2.43. The molecule has 0 fully saturated rings. The minimum absolute atomic E-state index is 0. The molecule has 3 N–H and O–H groups in total. The molecule has 0 atom stereocenters. The van der Waals surface area contributed by atoms with Gasteiger partial charge >= 0.3 is 6.61 Å². The van der Waals surface area contributed by atoms with Gasteiger partial charge in [0.2, 0.25) is 5.91 Å². The number of nitrogens with zero attached hydrogens (tertiary/aromatic N) is 1. The fourth-order valence-electron chi connectivity index (χ4n) is 2.53. The number of hydrogen-bond donors (Lipinski definition) is 3. The SMILES string of the molecule is CCNC(=NCc1ccc(NC(=O)C(C)C)cc1)NCc1ccccc1OC(F)F.I. The molecule has 2 aromatic carbocycles. The lowest BCUT2D eigenvalue weighted by atomic mass is 10.1. The average Bonchev–Trinajstić information content (AvgIpc) is 2.71. The number of carbonyl (C=O) groups excluding carboxylic acids is 1. The highest BCUT2D eigenvalue weighted by atomic mass is 127. The number of amides is 1. The van der Waals surface area contributed by atoms with Gasteiger partial charge in [-0.1, -0.05) is 44.2 Å². The van der Waals surface area contributed by atoms with Crippen LogP contribution in [0, 0.1) is 5.92 Å². The van der Waals surface area contributed by atoms with Crippen molar-refractivity contribution in [2.24, 2.45) is 10.9 Å². The van der Waals surface area contributed by atoms with E-state index < -0.39 is 6.61 Å². The summed E-state index contributed by atoms with van der Waals surface area (Å²) in [6, 6.07) is 14.1. The predicted molar refractivity (Wildman–Crippen MR) is 130 cm³/mol. The lowest BCUT2D eigenvalue weighted by molar-refractivity contribution is -0.118. The Morgan fingerprint density at radius 3 is 2.35 bits per heavy atom. The normalized spacial score (nSPS) is 11.1. The highest BCUT2D eigenvalue weighted by Crippen LogP contribution is 2.20. The minimum atomic E-state index is -2.87. The van der Waals surface area contributed by atoms with Crippen LogP contribution < -0.4 is 20.7 Å². The van der Waals surface area contributed by atoms with Crippen LogP contribution in [0.3, 0.4) is 0 Å². The third kappa shape index (κ3) is 9.50. The number of alkyl halides is 2. The van der Waals surface area contributed by atoms with Crippen molar-refractivity contribution < 1.29 is 18.3 Å². The number of hydrogen-bond acceptors (Lipinski definition) is 3. The predicted octanol–water partition coefficient (Wildman–Crippen LogP) is 4.76. The second-order valence-corrected chi connectivity index (χ2v) is 6.88. The molecule has 31 heavy (non-hydrogen) atoms. The number of benzene rings is 2. The number of ether oxygens (including phenoxy) is 1. The molecule has 0 spiro atoms. The quantitative estimate of drug-likeness (QED) is 0.241. The minimum Gasteiger partial charge on any atom is -0.434 e. The standard InChI is InChI=1S/C22H28F2N4O2.HI/c1-4-25-22(27-14-17-7-5-6-8-19(17)30-21(23)24)26-13-16-9-11-18(12-10-16)28-20(29)15(2)3;/h5-12,15,21H,4,13-14H2,1-3H3,(H,28,29)(H2,25,26,27);1H. The summed E-state index contributed by atoms with van der Waals surface area (Å²) in [6.07, 6.45) is 0. The zero-order chi connectivity index (χ0) is 21.9. The van der Waals surface area contributed by atoms with Crippen molar-refractivity contribution in [2.45, 2.75) is 40.5 Å². The van der Waals surface area contributed by atoms with E-state index in [-0.39, 0.29) is 48.1 Å². The number of aliphatic imine (C=N–C) groups is 1. The molecule has 2 rings (SSSR count). The molecule has 0 heterocycles.